The summed E-state index contributed by atoms with van der Waals surface area (Å²) in [5, 5.41) is 7.74. The van der Waals surface area contributed by atoms with E-state index in [4.69, 9.17) is 10.7 Å². The number of hydrogen-bond acceptors (Lipinski definition) is 4. The Morgan fingerprint density at radius 1 is 1.28 bits per heavy atom. The molecule has 0 bridgehead atoms. The molecule has 5 nitrogen and oxygen atoms in total. The van der Waals surface area contributed by atoms with Crippen LogP contribution in [0, 0.1) is 0 Å². The fourth-order valence-corrected chi connectivity index (χ4v) is 3.72. The molecule has 0 aromatic carbocycles. The summed E-state index contributed by atoms with van der Waals surface area (Å²) < 4.78 is 24.5. The monoisotopic (exact) mass is 291 g/mol. The maximum atomic E-state index is 11.5. The number of halogens is 1. The molecule has 0 saturated heterocycles. The molecule has 1 aliphatic rings. The fraction of sp³-hybridized carbons (Fsp3) is 0.818. The van der Waals surface area contributed by atoms with Crippen molar-refractivity contribution in [3.63, 3.8) is 0 Å². The zero-order valence-corrected chi connectivity index (χ0v) is 12.3. The van der Waals surface area contributed by atoms with Crippen LogP contribution in [0.4, 0.5) is 0 Å². The second-order valence-corrected chi connectivity index (χ2v) is 7.57. The van der Waals surface area contributed by atoms with Crippen molar-refractivity contribution in [2.75, 3.05) is 0 Å². The summed E-state index contributed by atoms with van der Waals surface area (Å²) in [6.45, 7) is 4.52. The zero-order valence-electron chi connectivity index (χ0n) is 10.7. The van der Waals surface area contributed by atoms with Gasteiger partial charge in [-0.05, 0) is 19.8 Å². The number of rotatable bonds is 3. The predicted molar refractivity (Wildman–Crippen MR) is 69.2 cm³/mol. The molecule has 0 N–H and O–H groups in total. The maximum Gasteiger partial charge on any atom is 0.296 e. The standard InChI is InChI=1S/C11H18ClN3O2S/c1-3-15-9(11(2)7-5-4-6-8-11)13-14-10(15)18(12,16)17/h3-8H2,1-2H3. The highest BCUT2D eigenvalue weighted by Gasteiger charge is 2.36. The summed E-state index contributed by atoms with van der Waals surface area (Å²) in [6.07, 6.45) is 5.57. The minimum Gasteiger partial charge on any atom is -0.301 e. The Labute approximate surface area is 112 Å². The van der Waals surface area contributed by atoms with Gasteiger partial charge in [-0.2, -0.15) is 0 Å². The van der Waals surface area contributed by atoms with Crippen LogP contribution in [0.15, 0.2) is 5.16 Å². The van der Waals surface area contributed by atoms with E-state index in [2.05, 4.69) is 17.1 Å². The fourth-order valence-electron chi connectivity index (χ4n) is 2.76. The van der Waals surface area contributed by atoms with Crippen molar-refractivity contribution in [1.29, 1.82) is 0 Å². The first-order valence-corrected chi connectivity index (χ1v) is 8.58. The van der Waals surface area contributed by atoms with E-state index < -0.39 is 9.05 Å². The third kappa shape index (κ3) is 2.40. The molecular weight excluding hydrogens is 274 g/mol. The van der Waals surface area contributed by atoms with E-state index in [1.54, 1.807) is 4.57 Å². The molecule has 0 unspecified atom stereocenters. The molecule has 0 amide bonds. The normalized spacial score (nSPS) is 19.9. The Bertz CT molecular complexity index is 532. The highest BCUT2D eigenvalue weighted by molar-refractivity contribution is 8.13. The van der Waals surface area contributed by atoms with Crippen molar-refractivity contribution in [3.05, 3.63) is 5.82 Å². The van der Waals surface area contributed by atoms with Gasteiger partial charge in [0, 0.05) is 22.6 Å². The molecule has 1 aromatic heterocycles. The van der Waals surface area contributed by atoms with Crippen molar-refractivity contribution < 1.29 is 8.42 Å². The minimum absolute atomic E-state index is 0.0823. The van der Waals surface area contributed by atoms with Crippen LogP contribution in [0.3, 0.4) is 0 Å². The number of nitrogens with zero attached hydrogens (tertiary/aromatic N) is 3. The zero-order chi connectivity index (χ0) is 13.4. The molecule has 18 heavy (non-hydrogen) atoms. The van der Waals surface area contributed by atoms with Crippen LogP contribution in [-0.4, -0.2) is 23.2 Å². The summed E-state index contributed by atoms with van der Waals surface area (Å²) in [4.78, 5) is 0. The van der Waals surface area contributed by atoms with Gasteiger partial charge in [-0.3, -0.25) is 0 Å². The summed E-state index contributed by atoms with van der Waals surface area (Å²) in [7, 11) is 1.56. The van der Waals surface area contributed by atoms with E-state index in [0.717, 1.165) is 31.5 Å². The lowest BCUT2D eigenvalue weighted by atomic mass is 9.75. The first kappa shape index (κ1) is 13.8. The molecule has 1 saturated carbocycles. The molecule has 0 aliphatic heterocycles. The molecule has 1 aliphatic carbocycles. The molecular formula is C11H18ClN3O2S. The third-order valence-corrected chi connectivity index (χ3v) is 4.90. The van der Waals surface area contributed by atoms with Gasteiger partial charge in [-0.15, -0.1) is 10.2 Å². The Kier molecular flexibility index (Phi) is 3.69. The molecule has 1 heterocycles. The quantitative estimate of drug-likeness (QED) is 0.802. The van der Waals surface area contributed by atoms with E-state index in [-0.39, 0.29) is 10.6 Å². The van der Waals surface area contributed by atoms with E-state index in [1.165, 1.54) is 6.42 Å². The summed E-state index contributed by atoms with van der Waals surface area (Å²) in [6, 6.07) is 0. The Morgan fingerprint density at radius 2 is 1.89 bits per heavy atom. The minimum atomic E-state index is -3.83. The van der Waals surface area contributed by atoms with Gasteiger partial charge in [0.25, 0.3) is 14.2 Å². The largest absolute Gasteiger partial charge is 0.301 e. The van der Waals surface area contributed by atoms with Crippen LogP contribution in [-0.2, 0) is 21.0 Å². The molecule has 2 rings (SSSR count). The first-order chi connectivity index (χ1) is 8.38. The van der Waals surface area contributed by atoms with Gasteiger partial charge in [0.1, 0.15) is 5.82 Å². The van der Waals surface area contributed by atoms with Crippen molar-refractivity contribution in [2.45, 2.75) is 63.1 Å². The van der Waals surface area contributed by atoms with Gasteiger partial charge < -0.3 is 4.57 Å². The smallest absolute Gasteiger partial charge is 0.296 e. The lowest BCUT2D eigenvalue weighted by molar-refractivity contribution is 0.292. The SMILES string of the molecule is CCn1c(C2(C)CCCCC2)nnc1S(=O)(=O)Cl. The van der Waals surface area contributed by atoms with E-state index in [9.17, 15) is 8.42 Å². The van der Waals surface area contributed by atoms with E-state index in [0.29, 0.717) is 6.54 Å². The third-order valence-electron chi connectivity index (χ3n) is 3.75. The Hall–Kier alpha value is -0.620. The highest BCUT2D eigenvalue weighted by Crippen LogP contribution is 2.38. The predicted octanol–water partition coefficient (Wildman–Crippen LogP) is 2.45. The molecule has 7 heteroatoms. The van der Waals surface area contributed by atoms with Crippen molar-refractivity contribution in [3.8, 4) is 0 Å². The molecule has 1 aromatic rings. The average molecular weight is 292 g/mol. The van der Waals surface area contributed by atoms with Gasteiger partial charge >= 0.3 is 0 Å². The van der Waals surface area contributed by atoms with Crippen molar-refractivity contribution in [2.24, 2.45) is 0 Å². The lowest BCUT2D eigenvalue weighted by Gasteiger charge is -2.32. The summed E-state index contributed by atoms with van der Waals surface area (Å²) in [5.74, 6) is 0.754. The van der Waals surface area contributed by atoms with Crippen LogP contribution >= 0.6 is 10.7 Å². The van der Waals surface area contributed by atoms with Crippen LogP contribution in [0.1, 0.15) is 51.8 Å². The van der Waals surface area contributed by atoms with Crippen LogP contribution in [0.2, 0.25) is 0 Å². The van der Waals surface area contributed by atoms with Crippen LogP contribution < -0.4 is 0 Å². The van der Waals surface area contributed by atoms with Crippen molar-refractivity contribution in [1.82, 2.24) is 14.8 Å². The summed E-state index contributed by atoms with van der Waals surface area (Å²) in [5.41, 5.74) is -0.0823. The highest BCUT2D eigenvalue weighted by atomic mass is 35.7. The Balaban J connectivity index is 2.49. The molecule has 1 fully saturated rings. The van der Waals surface area contributed by atoms with E-state index in [1.807, 2.05) is 6.92 Å². The second-order valence-electron chi connectivity index (χ2n) is 5.11. The van der Waals surface area contributed by atoms with Gasteiger partial charge in [-0.1, -0.05) is 26.2 Å². The number of aromatic nitrogens is 3. The molecule has 0 atom stereocenters. The molecule has 0 radical (unpaired) electrons. The van der Waals surface area contributed by atoms with Gasteiger partial charge in [0.15, 0.2) is 0 Å². The van der Waals surface area contributed by atoms with Gasteiger partial charge in [0.2, 0.25) is 0 Å². The summed E-state index contributed by atoms with van der Waals surface area (Å²) >= 11 is 0. The van der Waals surface area contributed by atoms with Crippen LogP contribution in [0.5, 0.6) is 0 Å². The number of hydrogen-bond donors (Lipinski definition) is 0. The first-order valence-electron chi connectivity index (χ1n) is 6.27. The van der Waals surface area contributed by atoms with Gasteiger partial charge in [-0.25, -0.2) is 8.42 Å². The Morgan fingerprint density at radius 3 is 2.39 bits per heavy atom. The second kappa shape index (κ2) is 4.81. The topological polar surface area (TPSA) is 64.8 Å². The molecule has 102 valence electrons. The van der Waals surface area contributed by atoms with Gasteiger partial charge in [0.05, 0.1) is 0 Å². The van der Waals surface area contributed by atoms with Crippen LogP contribution in [0.25, 0.3) is 0 Å². The van der Waals surface area contributed by atoms with Crippen molar-refractivity contribution >= 4 is 19.7 Å². The maximum absolute atomic E-state index is 11.5. The average Bonchev–Trinajstić information content (AvgIpc) is 2.73. The molecule has 0 spiro atoms. The van der Waals surface area contributed by atoms with E-state index >= 15 is 0 Å². The lowest BCUT2D eigenvalue weighted by Crippen LogP contribution is -2.29.